The number of benzene rings is 2. The van der Waals surface area contributed by atoms with Crippen LogP contribution in [0, 0.1) is 6.92 Å². The second kappa shape index (κ2) is 8.49. The minimum Gasteiger partial charge on any atom is -0.484 e. The second-order valence-corrected chi connectivity index (χ2v) is 10.1. The van der Waals surface area contributed by atoms with Gasteiger partial charge in [-0.05, 0) is 66.6 Å². The fraction of sp³-hybridized carbons (Fsp3) is 0.227. The van der Waals surface area contributed by atoms with E-state index in [4.69, 9.17) is 4.74 Å². The number of aryl methyl sites for hydroxylation is 2. The minimum absolute atomic E-state index is 0.127. The maximum absolute atomic E-state index is 13.1. The molecule has 2 aromatic carbocycles. The highest BCUT2D eigenvalue weighted by molar-refractivity contribution is 7.94. The number of rotatable bonds is 6. The molecule has 0 atom stereocenters. The van der Waals surface area contributed by atoms with Crippen molar-refractivity contribution in [2.75, 3.05) is 22.8 Å². The summed E-state index contributed by atoms with van der Waals surface area (Å²) in [6, 6.07) is 16.2. The van der Waals surface area contributed by atoms with Crippen LogP contribution in [-0.2, 0) is 21.2 Å². The molecule has 0 aliphatic carbocycles. The van der Waals surface area contributed by atoms with E-state index in [1.807, 2.05) is 31.2 Å². The fourth-order valence-electron chi connectivity index (χ4n) is 3.44. The highest BCUT2D eigenvalue weighted by Gasteiger charge is 2.30. The first kappa shape index (κ1) is 20.4. The van der Waals surface area contributed by atoms with E-state index in [-0.39, 0.29) is 12.5 Å². The lowest BCUT2D eigenvalue weighted by molar-refractivity contribution is -0.118. The molecule has 1 amide bonds. The quantitative estimate of drug-likeness (QED) is 0.620. The average Bonchev–Trinajstić information content (AvgIpc) is 3.28. The zero-order valence-electron chi connectivity index (χ0n) is 16.5. The average molecular weight is 443 g/mol. The number of hydrogen-bond donors (Lipinski definition) is 1. The Labute approximate surface area is 180 Å². The summed E-state index contributed by atoms with van der Waals surface area (Å²) in [5, 5.41) is 4.55. The number of sulfonamides is 1. The minimum atomic E-state index is -3.61. The smallest absolute Gasteiger partial charge is 0.273 e. The summed E-state index contributed by atoms with van der Waals surface area (Å²) < 4.78 is 33.4. The summed E-state index contributed by atoms with van der Waals surface area (Å²) in [6.45, 7) is 2.24. The third kappa shape index (κ3) is 4.34. The highest BCUT2D eigenvalue weighted by atomic mass is 32.2. The molecular formula is C22H22N2O4S2. The van der Waals surface area contributed by atoms with Crippen molar-refractivity contribution in [2.24, 2.45) is 0 Å². The number of amides is 1. The topological polar surface area (TPSA) is 75.7 Å². The maximum Gasteiger partial charge on any atom is 0.273 e. The summed E-state index contributed by atoms with van der Waals surface area (Å²) in [5.41, 5.74) is 3.16. The predicted octanol–water partition coefficient (Wildman–Crippen LogP) is 4.22. The molecule has 0 saturated heterocycles. The summed E-state index contributed by atoms with van der Waals surface area (Å²) in [6.07, 6.45) is 1.56. The van der Waals surface area contributed by atoms with Crippen molar-refractivity contribution in [1.82, 2.24) is 0 Å². The molecule has 0 unspecified atom stereocenters. The third-order valence-electron chi connectivity index (χ3n) is 4.84. The molecule has 0 bridgehead atoms. The van der Waals surface area contributed by atoms with Crippen LogP contribution in [0.4, 0.5) is 11.4 Å². The molecule has 3 aromatic rings. The van der Waals surface area contributed by atoms with Gasteiger partial charge in [-0.1, -0.05) is 24.3 Å². The van der Waals surface area contributed by atoms with Crippen LogP contribution in [0.15, 0.2) is 64.2 Å². The van der Waals surface area contributed by atoms with Gasteiger partial charge in [0.25, 0.3) is 15.9 Å². The molecule has 1 aliphatic heterocycles. The SMILES string of the molecule is Cc1cccc(OCC(=O)Nc2ccc3c(c2)N(S(=O)(=O)c2cccs2)CCC3)c1. The van der Waals surface area contributed by atoms with Gasteiger partial charge in [-0.3, -0.25) is 9.10 Å². The molecular weight excluding hydrogens is 420 g/mol. The number of nitrogens with one attached hydrogen (secondary N) is 1. The first-order chi connectivity index (χ1) is 14.4. The van der Waals surface area contributed by atoms with E-state index in [9.17, 15) is 13.2 Å². The van der Waals surface area contributed by atoms with Crippen molar-refractivity contribution < 1.29 is 17.9 Å². The van der Waals surface area contributed by atoms with Gasteiger partial charge >= 0.3 is 0 Å². The van der Waals surface area contributed by atoms with Crippen LogP contribution in [0.2, 0.25) is 0 Å². The number of carbonyl (C=O) groups excluding carboxylic acids is 1. The number of carbonyl (C=O) groups is 1. The molecule has 0 spiro atoms. The van der Waals surface area contributed by atoms with E-state index in [2.05, 4.69) is 5.32 Å². The second-order valence-electron chi connectivity index (χ2n) is 7.11. The number of ether oxygens (including phenoxy) is 1. The van der Waals surface area contributed by atoms with Crippen molar-refractivity contribution in [3.05, 3.63) is 71.1 Å². The van der Waals surface area contributed by atoms with Gasteiger partial charge in [-0.25, -0.2) is 8.42 Å². The predicted molar refractivity (Wildman–Crippen MR) is 119 cm³/mol. The first-order valence-corrected chi connectivity index (χ1v) is 11.9. The van der Waals surface area contributed by atoms with E-state index < -0.39 is 10.0 Å². The lowest BCUT2D eigenvalue weighted by atomic mass is 10.0. The Morgan fingerprint density at radius 2 is 2.03 bits per heavy atom. The van der Waals surface area contributed by atoms with Crippen molar-refractivity contribution in [3.8, 4) is 5.75 Å². The van der Waals surface area contributed by atoms with Crippen LogP contribution < -0.4 is 14.4 Å². The molecule has 4 rings (SSSR count). The number of hydrogen-bond acceptors (Lipinski definition) is 5. The Balaban J connectivity index is 1.50. The lowest BCUT2D eigenvalue weighted by Gasteiger charge is -2.30. The zero-order chi connectivity index (χ0) is 21.1. The van der Waals surface area contributed by atoms with Crippen molar-refractivity contribution in [1.29, 1.82) is 0 Å². The first-order valence-electron chi connectivity index (χ1n) is 9.62. The molecule has 2 heterocycles. The summed E-state index contributed by atoms with van der Waals surface area (Å²) >= 11 is 1.20. The molecule has 0 saturated carbocycles. The monoisotopic (exact) mass is 442 g/mol. The van der Waals surface area contributed by atoms with Gasteiger partial charge in [0.1, 0.15) is 9.96 Å². The van der Waals surface area contributed by atoms with Crippen molar-refractivity contribution in [3.63, 3.8) is 0 Å². The largest absolute Gasteiger partial charge is 0.484 e. The number of nitrogens with zero attached hydrogens (tertiary/aromatic N) is 1. The Bertz CT molecular complexity index is 1160. The fourth-order valence-corrected chi connectivity index (χ4v) is 6.08. The van der Waals surface area contributed by atoms with Crippen LogP contribution in [0.1, 0.15) is 17.5 Å². The highest BCUT2D eigenvalue weighted by Crippen LogP contribution is 2.35. The van der Waals surface area contributed by atoms with Crippen LogP contribution in [0.3, 0.4) is 0 Å². The van der Waals surface area contributed by atoms with Gasteiger partial charge in [0.2, 0.25) is 0 Å². The van der Waals surface area contributed by atoms with Crippen molar-refractivity contribution in [2.45, 2.75) is 24.0 Å². The summed E-state index contributed by atoms with van der Waals surface area (Å²) in [4.78, 5) is 12.3. The maximum atomic E-state index is 13.1. The molecule has 1 N–H and O–H groups in total. The summed E-state index contributed by atoms with van der Waals surface area (Å²) in [7, 11) is -3.61. The Morgan fingerprint density at radius 1 is 1.17 bits per heavy atom. The van der Waals surface area contributed by atoms with E-state index >= 15 is 0 Å². The van der Waals surface area contributed by atoms with Gasteiger partial charge < -0.3 is 10.1 Å². The van der Waals surface area contributed by atoms with Gasteiger partial charge in [-0.2, -0.15) is 0 Å². The Kier molecular flexibility index (Phi) is 5.78. The summed E-state index contributed by atoms with van der Waals surface area (Å²) in [5.74, 6) is 0.323. The Hall–Kier alpha value is -2.84. The molecule has 1 aliphatic rings. The number of anilines is 2. The number of thiophene rings is 1. The van der Waals surface area contributed by atoms with E-state index in [1.54, 1.807) is 35.7 Å². The van der Waals surface area contributed by atoms with Crippen LogP contribution in [-0.4, -0.2) is 27.5 Å². The third-order valence-corrected chi connectivity index (χ3v) is 8.03. The van der Waals surface area contributed by atoms with E-state index in [0.29, 0.717) is 27.9 Å². The molecule has 8 heteroatoms. The van der Waals surface area contributed by atoms with Gasteiger partial charge in [0.15, 0.2) is 6.61 Å². The van der Waals surface area contributed by atoms with Crippen molar-refractivity contribution >= 4 is 38.6 Å². The molecule has 1 aromatic heterocycles. The van der Waals surface area contributed by atoms with Gasteiger partial charge in [0, 0.05) is 12.2 Å². The number of fused-ring (bicyclic) bond motifs is 1. The lowest BCUT2D eigenvalue weighted by Crippen LogP contribution is -2.35. The Morgan fingerprint density at radius 3 is 2.80 bits per heavy atom. The van der Waals surface area contributed by atoms with Crippen LogP contribution >= 0.6 is 11.3 Å². The molecule has 30 heavy (non-hydrogen) atoms. The molecule has 0 fully saturated rings. The molecule has 6 nitrogen and oxygen atoms in total. The molecule has 0 radical (unpaired) electrons. The van der Waals surface area contributed by atoms with E-state index in [0.717, 1.165) is 24.0 Å². The van der Waals surface area contributed by atoms with E-state index in [1.165, 1.54) is 15.6 Å². The normalized spacial score (nSPS) is 13.6. The van der Waals surface area contributed by atoms with Crippen LogP contribution in [0.5, 0.6) is 5.75 Å². The van der Waals surface area contributed by atoms with Gasteiger partial charge in [0.05, 0.1) is 5.69 Å². The molecule has 156 valence electrons. The zero-order valence-corrected chi connectivity index (χ0v) is 18.1. The van der Waals surface area contributed by atoms with Gasteiger partial charge in [-0.15, -0.1) is 11.3 Å². The standard InChI is InChI=1S/C22H22N2O4S2/c1-16-5-2-7-19(13-16)28-15-21(25)23-18-10-9-17-6-3-11-24(20(17)14-18)30(26,27)22-8-4-12-29-22/h2,4-5,7-10,12-14H,3,6,11,15H2,1H3,(H,23,25). The van der Waals surface area contributed by atoms with Crippen LogP contribution in [0.25, 0.3) is 0 Å².